The van der Waals surface area contributed by atoms with Crippen LogP contribution >= 0.6 is 0 Å². The van der Waals surface area contributed by atoms with E-state index in [0.29, 0.717) is 12.2 Å². The molecular weight excluding hydrogens is 586 g/mol. The van der Waals surface area contributed by atoms with Gasteiger partial charge in [0, 0.05) is 17.7 Å². The van der Waals surface area contributed by atoms with Crippen molar-refractivity contribution in [1.29, 1.82) is 0 Å². The molecule has 0 heterocycles. The number of rotatable bonds is 13. The Morgan fingerprint density at radius 2 is 1.27 bits per heavy atom. The standard InChI is InChI=1S/C32H43N3O10/c1-8-9-15-41-30(40)33-18-21-11-10-12-22(16-21)28(38)34-35-29(39)23-13-14-24(42-19-26(36)44-31(2,3)4)25(17-23)43-20-27(37)45-32(5,6)7/h10-14,16-17H,8-9,15,18-20H2,1-7H3,(H,33,40)(H,34,38)(H,35,39). The number of carbonyl (C=O) groups excluding carboxylic acids is 5. The second-order valence-corrected chi connectivity index (χ2v) is 11.9. The van der Waals surface area contributed by atoms with Crippen molar-refractivity contribution in [1.82, 2.24) is 16.2 Å². The number of esters is 2. The Labute approximate surface area is 263 Å². The van der Waals surface area contributed by atoms with Gasteiger partial charge in [-0.2, -0.15) is 0 Å². The average Bonchev–Trinajstić information content (AvgIpc) is 2.95. The van der Waals surface area contributed by atoms with E-state index >= 15 is 0 Å². The molecule has 0 atom stereocenters. The summed E-state index contributed by atoms with van der Waals surface area (Å²) in [7, 11) is 0. The second-order valence-electron chi connectivity index (χ2n) is 11.9. The Morgan fingerprint density at radius 3 is 1.82 bits per heavy atom. The van der Waals surface area contributed by atoms with Crippen LogP contribution in [0, 0.1) is 0 Å². The lowest BCUT2D eigenvalue weighted by Gasteiger charge is -2.21. The van der Waals surface area contributed by atoms with E-state index in [1.54, 1.807) is 65.8 Å². The van der Waals surface area contributed by atoms with E-state index in [2.05, 4.69) is 16.2 Å². The molecule has 13 nitrogen and oxygen atoms in total. The molecule has 0 aromatic heterocycles. The lowest BCUT2D eigenvalue weighted by Crippen LogP contribution is -2.41. The highest BCUT2D eigenvalue weighted by molar-refractivity contribution is 5.99. The van der Waals surface area contributed by atoms with Gasteiger partial charge in [0.25, 0.3) is 11.8 Å². The van der Waals surface area contributed by atoms with Crippen molar-refractivity contribution in [3.63, 3.8) is 0 Å². The van der Waals surface area contributed by atoms with Crippen LogP contribution in [-0.4, -0.2) is 60.9 Å². The van der Waals surface area contributed by atoms with Gasteiger partial charge in [0.1, 0.15) is 11.2 Å². The zero-order valence-electron chi connectivity index (χ0n) is 26.9. The van der Waals surface area contributed by atoms with E-state index in [1.807, 2.05) is 6.92 Å². The molecule has 0 saturated carbocycles. The molecule has 0 aliphatic carbocycles. The molecule has 246 valence electrons. The van der Waals surface area contributed by atoms with E-state index in [1.165, 1.54) is 18.2 Å². The third kappa shape index (κ3) is 14.5. The maximum absolute atomic E-state index is 12.9. The topological polar surface area (TPSA) is 168 Å². The van der Waals surface area contributed by atoms with Crippen molar-refractivity contribution < 1.29 is 47.7 Å². The Hall–Kier alpha value is -4.81. The smallest absolute Gasteiger partial charge is 0.407 e. The normalized spacial score (nSPS) is 11.1. The van der Waals surface area contributed by atoms with Gasteiger partial charge in [-0.25, -0.2) is 14.4 Å². The second kappa shape index (κ2) is 16.9. The van der Waals surface area contributed by atoms with Crippen LogP contribution in [0.1, 0.15) is 87.6 Å². The van der Waals surface area contributed by atoms with Crippen molar-refractivity contribution in [2.45, 2.75) is 79.1 Å². The summed E-state index contributed by atoms with van der Waals surface area (Å²) in [5.41, 5.74) is 4.14. The molecule has 2 aromatic rings. The van der Waals surface area contributed by atoms with Crippen LogP contribution in [-0.2, 0) is 30.3 Å². The zero-order chi connectivity index (χ0) is 33.6. The number of amides is 3. The van der Waals surface area contributed by atoms with Crippen LogP contribution in [0.3, 0.4) is 0 Å². The number of alkyl carbamates (subject to hydrolysis) is 1. The van der Waals surface area contributed by atoms with E-state index in [4.69, 9.17) is 23.7 Å². The highest BCUT2D eigenvalue weighted by Crippen LogP contribution is 2.29. The van der Waals surface area contributed by atoms with Crippen molar-refractivity contribution in [3.8, 4) is 11.5 Å². The molecule has 0 bridgehead atoms. The molecule has 0 radical (unpaired) electrons. The minimum atomic E-state index is -0.744. The van der Waals surface area contributed by atoms with Crippen molar-refractivity contribution in [2.24, 2.45) is 0 Å². The third-order valence-electron chi connectivity index (χ3n) is 5.38. The summed E-state index contributed by atoms with van der Waals surface area (Å²) in [4.78, 5) is 61.8. The van der Waals surface area contributed by atoms with Crippen LogP contribution in [0.5, 0.6) is 11.5 Å². The number of ether oxygens (including phenoxy) is 5. The number of nitrogens with one attached hydrogen (secondary N) is 3. The summed E-state index contributed by atoms with van der Waals surface area (Å²) in [5.74, 6) is -2.53. The first-order valence-electron chi connectivity index (χ1n) is 14.5. The molecule has 3 amide bonds. The molecule has 0 spiro atoms. The Kier molecular flexibility index (Phi) is 13.6. The number of carbonyl (C=O) groups is 5. The van der Waals surface area contributed by atoms with Crippen LogP contribution in [0.2, 0.25) is 0 Å². The van der Waals surface area contributed by atoms with Gasteiger partial charge in [-0.05, 0) is 83.9 Å². The van der Waals surface area contributed by atoms with Gasteiger partial charge in [-0.3, -0.25) is 20.4 Å². The largest absolute Gasteiger partial charge is 0.478 e. The first-order valence-corrected chi connectivity index (χ1v) is 14.5. The first-order chi connectivity index (χ1) is 21.1. The number of hydrogen-bond donors (Lipinski definition) is 3. The fraction of sp³-hybridized carbons (Fsp3) is 0.469. The van der Waals surface area contributed by atoms with Gasteiger partial charge in [0.15, 0.2) is 24.7 Å². The molecule has 45 heavy (non-hydrogen) atoms. The minimum absolute atomic E-state index is 0.0168. The maximum atomic E-state index is 12.9. The Bertz CT molecular complexity index is 1350. The fourth-order valence-electron chi connectivity index (χ4n) is 3.51. The summed E-state index contributed by atoms with van der Waals surface area (Å²) < 4.78 is 26.7. The predicted octanol–water partition coefficient (Wildman–Crippen LogP) is 4.23. The minimum Gasteiger partial charge on any atom is -0.478 e. The van der Waals surface area contributed by atoms with Gasteiger partial charge in [-0.15, -0.1) is 0 Å². The average molecular weight is 630 g/mol. The third-order valence-corrected chi connectivity index (χ3v) is 5.38. The van der Waals surface area contributed by atoms with E-state index in [9.17, 15) is 24.0 Å². The van der Waals surface area contributed by atoms with Gasteiger partial charge >= 0.3 is 18.0 Å². The summed E-state index contributed by atoms with van der Waals surface area (Å²) in [6.45, 7) is 11.8. The lowest BCUT2D eigenvalue weighted by molar-refractivity contribution is -0.158. The SMILES string of the molecule is CCCCOC(=O)NCc1cccc(C(=O)NNC(=O)c2ccc(OCC(=O)OC(C)(C)C)c(OCC(=O)OC(C)(C)C)c2)c1. The van der Waals surface area contributed by atoms with Crippen LogP contribution in [0.4, 0.5) is 4.79 Å². The van der Waals surface area contributed by atoms with Gasteiger partial charge in [-0.1, -0.05) is 25.5 Å². The number of hydrazine groups is 1. The molecule has 0 fully saturated rings. The van der Waals surface area contributed by atoms with Crippen molar-refractivity contribution in [2.75, 3.05) is 19.8 Å². The predicted molar refractivity (Wildman–Crippen MR) is 164 cm³/mol. The van der Waals surface area contributed by atoms with E-state index in [-0.39, 0.29) is 29.2 Å². The molecule has 0 saturated heterocycles. The molecule has 0 unspecified atom stereocenters. The maximum Gasteiger partial charge on any atom is 0.407 e. The lowest BCUT2D eigenvalue weighted by atomic mass is 10.1. The highest BCUT2D eigenvalue weighted by Gasteiger charge is 2.21. The number of benzene rings is 2. The van der Waals surface area contributed by atoms with Gasteiger partial charge < -0.3 is 29.0 Å². The molecule has 2 aromatic carbocycles. The molecule has 2 rings (SSSR count). The van der Waals surface area contributed by atoms with E-state index in [0.717, 1.165) is 12.8 Å². The monoisotopic (exact) mass is 629 g/mol. The fourth-order valence-corrected chi connectivity index (χ4v) is 3.51. The van der Waals surface area contributed by atoms with E-state index < -0.39 is 54.3 Å². The highest BCUT2D eigenvalue weighted by atomic mass is 16.6. The summed E-state index contributed by atoms with van der Waals surface area (Å²) in [5, 5.41) is 2.62. The van der Waals surface area contributed by atoms with Gasteiger partial charge in [0.2, 0.25) is 0 Å². The summed E-state index contributed by atoms with van der Waals surface area (Å²) in [6.07, 6.45) is 1.11. The molecular formula is C32H43N3O10. The quantitative estimate of drug-likeness (QED) is 0.126. The Morgan fingerprint density at radius 1 is 0.711 bits per heavy atom. The Balaban J connectivity index is 2.07. The molecule has 0 aliphatic heterocycles. The van der Waals surface area contributed by atoms with Crippen molar-refractivity contribution >= 4 is 29.8 Å². The van der Waals surface area contributed by atoms with Crippen LogP contribution in [0.25, 0.3) is 0 Å². The first kappa shape index (κ1) is 36.4. The number of unbranched alkanes of at least 4 members (excludes halogenated alkanes) is 1. The molecule has 3 N–H and O–H groups in total. The summed E-state index contributed by atoms with van der Waals surface area (Å²) in [6, 6.07) is 10.5. The summed E-state index contributed by atoms with van der Waals surface area (Å²) >= 11 is 0. The number of hydrogen-bond acceptors (Lipinski definition) is 10. The van der Waals surface area contributed by atoms with Crippen molar-refractivity contribution in [3.05, 3.63) is 59.2 Å². The van der Waals surface area contributed by atoms with Gasteiger partial charge in [0.05, 0.1) is 6.61 Å². The van der Waals surface area contributed by atoms with Crippen LogP contribution in [0.15, 0.2) is 42.5 Å². The molecule has 13 heteroatoms. The van der Waals surface area contributed by atoms with Crippen LogP contribution < -0.4 is 25.6 Å². The zero-order valence-corrected chi connectivity index (χ0v) is 26.9. The molecule has 0 aliphatic rings.